The molecule has 1 aromatic carbocycles. The number of rotatable bonds is 2. The van der Waals surface area contributed by atoms with Gasteiger partial charge in [0.2, 0.25) is 10.0 Å². The fourth-order valence-electron chi connectivity index (χ4n) is 2.14. The Balaban J connectivity index is 2.14. The number of carbonyl (C=O) groups is 1. The second-order valence-electron chi connectivity index (χ2n) is 4.55. The molecule has 1 aliphatic rings. The van der Waals surface area contributed by atoms with Gasteiger partial charge in [-0.2, -0.15) is 13.2 Å². The highest BCUT2D eigenvalue weighted by atomic mass is 32.2. The Morgan fingerprint density at radius 2 is 1.85 bits per heavy atom. The minimum Gasteiger partial charge on any atom is -0.345 e. The molecule has 0 fully saturated rings. The average molecular weight is 308 g/mol. The normalized spacial score (nSPS) is 18.7. The number of sulfonamides is 1. The zero-order valence-electron chi connectivity index (χ0n) is 10.1. The van der Waals surface area contributed by atoms with E-state index in [4.69, 9.17) is 5.14 Å². The van der Waals surface area contributed by atoms with E-state index in [1.54, 1.807) is 0 Å². The van der Waals surface area contributed by atoms with Gasteiger partial charge in [-0.15, -0.1) is 0 Å². The van der Waals surface area contributed by atoms with Crippen LogP contribution in [0.25, 0.3) is 0 Å². The Morgan fingerprint density at radius 3 is 2.40 bits per heavy atom. The predicted octanol–water partition coefficient (Wildman–Crippen LogP) is 0.480. The van der Waals surface area contributed by atoms with Crippen LogP contribution in [0.3, 0.4) is 0 Å². The SMILES string of the molecule is NS(=O)(=O)c1ccc2c(c1)CC(NC(=O)C(F)(F)F)C2. The van der Waals surface area contributed by atoms with Gasteiger partial charge in [-0.1, -0.05) is 6.07 Å². The first-order valence-electron chi connectivity index (χ1n) is 5.59. The van der Waals surface area contributed by atoms with Crippen LogP contribution in [0.2, 0.25) is 0 Å². The summed E-state index contributed by atoms with van der Waals surface area (Å²) in [6, 6.07) is 3.41. The first kappa shape index (κ1) is 14.8. The van der Waals surface area contributed by atoms with Crippen LogP contribution < -0.4 is 10.5 Å². The summed E-state index contributed by atoms with van der Waals surface area (Å²) in [5, 5.41) is 6.86. The quantitative estimate of drug-likeness (QED) is 0.833. The zero-order chi connectivity index (χ0) is 15.1. The molecule has 1 amide bonds. The molecule has 9 heteroatoms. The van der Waals surface area contributed by atoms with Crippen molar-refractivity contribution in [1.82, 2.24) is 5.32 Å². The lowest BCUT2D eigenvalue weighted by atomic mass is 10.1. The van der Waals surface area contributed by atoms with Crippen molar-refractivity contribution in [2.75, 3.05) is 0 Å². The molecular weight excluding hydrogens is 297 g/mol. The molecule has 0 saturated carbocycles. The summed E-state index contributed by atoms with van der Waals surface area (Å²) in [7, 11) is -3.86. The highest BCUT2D eigenvalue weighted by Crippen LogP contribution is 2.25. The van der Waals surface area contributed by atoms with Crippen LogP contribution in [0.15, 0.2) is 23.1 Å². The molecule has 1 atom stereocenters. The number of primary sulfonamides is 1. The highest BCUT2D eigenvalue weighted by Gasteiger charge is 2.40. The third-order valence-electron chi connectivity index (χ3n) is 3.03. The number of nitrogens with two attached hydrogens (primary N) is 1. The number of alkyl halides is 3. The number of amides is 1. The molecule has 1 unspecified atom stereocenters. The van der Waals surface area contributed by atoms with E-state index in [9.17, 15) is 26.4 Å². The summed E-state index contributed by atoms with van der Waals surface area (Å²) in [4.78, 5) is 10.7. The van der Waals surface area contributed by atoms with Crippen LogP contribution in [0.4, 0.5) is 13.2 Å². The number of nitrogens with one attached hydrogen (secondary N) is 1. The number of carbonyl (C=O) groups excluding carboxylic acids is 1. The Labute approximate surface area is 113 Å². The van der Waals surface area contributed by atoms with E-state index in [0.29, 0.717) is 11.1 Å². The molecule has 0 aromatic heterocycles. The molecule has 0 spiro atoms. The first-order valence-corrected chi connectivity index (χ1v) is 7.14. The van der Waals surface area contributed by atoms with Gasteiger partial charge in [0.25, 0.3) is 0 Å². The summed E-state index contributed by atoms with van der Waals surface area (Å²) in [5.74, 6) is -2.00. The average Bonchev–Trinajstić information content (AvgIpc) is 2.67. The minimum atomic E-state index is -4.93. The second kappa shape index (κ2) is 4.74. The van der Waals surface area contributed by atoms with E-state index >= 15 is 0 Å². The van der Waals surface area contributed by atoms with Crippen LogP contribution in [-0.4, -0.2) is 26.5 Å². The summed E-state index contributed by atoms with van der Waals surface area (Å²) >= 11 is 0. The van der Waals surface area contributed by atoms with Crippen molar-refractivity contribution in [3.8, 4) is 0 Å². The van der Waals surface area contributed by atoms with E-state index in [0.717, 1.165) is 0 Å². The molecular formula is C11H11F3N2O3S. The number of hydrogen-bond acceptors (Lipinski definition) is 3. The van der Waals surface area contributed by atoms with Crippen molar-refractivity contribution >= 4 is 15.9 Å². The van der Waals surface area contributed by atoms with Crippen molar-refractivity contribution in [2.24, 2.45) is 5.14 Å². The van der Waals surface area contributed by atoms with E-state index in [1.807, 2.05) is 5.32 Å². The number of fused-ring (bicyclic) bond motifs is 1. The Morgan fingerprint density at radius 1 is 1.25 bits per heavy atom. The van der Waals surface area contributed by atoms with Gasteiger partial charge in [0.15, 0.2) is 0 Å². The third-order valence-corrected chi connectivity index (χ3v) is 3.94. The lowest BCUT2D eigenvalue weighted by molar-refractivity contribution is -0.174. The van der Waals surface area contributed by atoms with E-state index in [-0.39, 0.29) is 17.7 Å². The topological polar surface area (TPSA) is 89.3 Å². The summed E-state index contributed by atoms with van der Waals surface area (Å²) < 4.78 is 58.8. The van der Waals surface area contributed by atoms with Gasteiger partial charge in [0, 0.05) is 6.04 Å². The van der Waals surface area contributed by atoms with Gasteiger partial charge in [-0.3, -0.25) is 4.79 Å². The van der Waals surface area contributed by atoms with Crippen molar-refractivity contribution < 1.29 is 26.4 Å². The molecule has 2 rings (SSSR count). The third kappa shape index (κ3) is 3.10. The largest absolute Gasteiger partial charge is 0.471 e. The van der Waals surface area contributed by atoms with Gasteiger partial charge in [0.1, 0.15) is 0 Å². The number of halogens is 3. The summed E-state index contributed by atoms with van der Waals surface area (Å²) in [5.41, 5.74) is 1.27. The maximum Gasteiger partial charge on any atom is 0.471 e. The molecule has 0 bridgehead atoms. The number of hydrogen-bond donors (Lipinski definition) is 2. The Bertz CT molecular complexity index is 655. The standard InChI is InChI=1S/C11H11F3N2O3S/c12-11(13,14)10(17)16-8-3-6-1-2-9(20(15,18)19)5-7(6)4-8/h1-2,5,8H,3-4H2,(H,16,17)(H2,15,18,19). The molecule has 1 aliphatic carbocycles. The van der Waals surface area contributed by atoms with Crippen molar-refractivity contribution in [3.05, 3.63) is 29.3 Å². The van der Waals surface area contributed by atoms with Crippen molar-refractivity contribution in [1.29, 1.82) is 0 Å². The fraction of sp³-hybridized carbons (Fsp3) is 0.364. The van der Waals surface area contributed by atoms with Crippen molar-refractivity contribution in [2.45, 2.75) is 30.0 Å². The maximum absolute atomic E-state index is 12.1. The second-order valence-corrected chi connectivity index (χ2v) is 6.11. The van der Waals surface area contributed by atoms with Gasteiger partial charge < -0.3 is 5.32 Å². The van der Waals surface area contributed by atoms with Gasteiger partial charge >= 0.3 is 12.1 Å². The van der Waals surface area contributed by atoms with Crippen LogP contribution >= 0.6 is 0 Å². The molecule has 0 aliphatic heterocycles. The number of benzene rings is 1. The van der Waals surface area contributed by atoms with Crippen LogP contribution in [0, 0.1) is 0 Å². The molecule has 0 saturated heterocycles. The predicted molar refractivity (Wildman–Crippen MR) is 63.2 cm³/mol. The minimum absolute atomic E-state index is 0.0981. The molecule has 3 N–H and O–H groups in total. The van der Waals surface area contributed by atoms with Gasteiger partial charge in [-0.05, 0) is 36.1 Å². The van der Waals surface area contributed by atoms with E-state index in [2.05, 4.69) is 0 Å². The van der Waals surface area contributed by atoms with Gasteiger partial charge in [-0.25, -0.2) is 13.6 Å². The molecule has 110 valence electrons. The molecule has 1 aromatic rings. The molecule has 20 heavy (non-hydrogen) atoms. The molecule has 0 heterocycles. The maximum atomic E-state index is 12.1. The fourth-order valence-corrected chi connectivity index (χ4v) is 2.71. The highest BCUT2D eigenvalue weighted by molar-refractivity contribution is 7.89. The lowest BCUT2D eigenvalue weighted by Crippen LogP contribution is -2.43. The van der Waals surface area contributed by atoms with Crippen LogP contribution in [-0.2, 0) is 27.7 Å². The molecule has 0 radical (unpaired) electrons. The van der Waals surface area contributed by atoms with E-state index < -0.39 is 28.1 Å². The van der Waals surface area contributed by atoms with Crippen molar-refractivity contribution in [3.63, 3.8) is 0 Å². The summed E-state index contributed by atoms with van der Waals surface area (Å²) in [6.07, 6.45) is -4.57. The first-order chi connectivity index (χ1) is 9.07. The monoisotopic (exact) mass is 308 g/mol. The van der Waals surface area contributed by atoms with Crippen LogP contribution in [0.1, 0.15) is 11.1 Å². The van der Waals surface area contributed by atoms with Crippen LogP contribution in [0.5, 0.6) is 0 Å². The molecule has 5 nitrogen and oxygen atoms in total. The lowest BCUT2D eigenvalue weighted by Gasteiger charge is -2.13. The van der Waals surface area contributed by atoms with Gasteiger partial charge in [0.05, 0.1) is 4.90 Å². The summed E-state index contributed by atoms with van der Waals surface area (Å²) in [6.45, 7) is 0. The zero-order valence-corrected chi connectivity index (χ0v) is 10.9. The van der Waals surface area contributed by atoms with E-state index in [1.165, 1.54) is 18.2 Å². The Kier molecular flexibility index (Phi) is 3.51. The Hall–Kier alpha value is -1.61. The smallest absolute Gasteiger partial charge is 0.345 e.